The highest BCUT2D eigenvalue weighted by Crippen LogP contribution is 2.39. The number of nitrogens with one attached hydrogen (secondary N) is 1. The molecule has 0 fully saturated rings. The van der Waals surface area contributed by atoms with E-state index in [-0.39, 0.29) is 11.9 Å². The van der Waals surface area contributed by atoms with Crippen molar-refractivity contribution >= 4 is 29.1 Å². The molecule has 0 radical (unpaired) electrons. The summed E-state index contributed by atoms with van der Waals surface area (Å²) in [5.41, 5.74) is 2.64. The summed E-state index contributed by atoms with van der Waals surface area (Å²) in [6, 6.07) is 11.3. The second-order valence-corrected chi connectivity index (χ2v) is 6.57. The number of benzene rings is 2. The molecule has 2 aromatic carbocycles. The van der Waals surface area contributed by atoms with Crippen molar-refractivity contribution in [3.63, 3.8) is 0 Å². The summed E-state index contributed by atoms with van der Waals surface area (Å²) in [7, 11) is 0. The molecule has 0 spiro atoms. The van der Waals surface area contributed by atoms with Crippen molar-refractivity contribution in [3.05, 3.63) is 58.4 Å². The van der Waals surface area contributed by atoms with Crippen LogP contribution >= 0.6 is 23.4 Å². The maximum absolute atomic E-state index is 14.0. The van der Waals surface area contributed by atoms with E-state index < -0.39 is 0 Å². The van der Waals surface area contributed by atoms with E-state index in [1.807, 2.05) is 43.0 Å². The third kappa shape index (κ3) is 2.79. The molecule has 2 aromatic rings. The van der Waals surface area contributed by atoms with Gasteiger partial charge in [-0.2, -0.15) is 0 Å². The summed E-state index contributed by atoms with van der Waals surface area (Å²) in [5.74, 6) is 0.826. The van der Waals surface area contributed by atoms with Crippen molar-refractivity contribution < 1.29 is 4.39 Å². The van der Waals surface area contributed by atoms with E-state index in [1.165, 1.54) is 4.90 Å². The van der Waals surface area contributed by atoms with E-state index in [0.29, 0.717) is 5.69 Å². The molecule has 0 amide bonds. The Balaban J connectivity index is 1.91. The maximum atomic E-state index is 14.0. The van der Waals surface area contributed by atoms with Gasteiger partial charge in [0.25, 0.3) is 0 Å². The summed E-state index contributed by atoms with van der Waals surface area (Å²) >= 11 is 7.91. The van der Waals surface area contributed by atoms with Crippen LogP contribution < -0.4 is 5.32 Å². The number of aryl methyl sites for hydroxylation is 1. The average Bonchev–Trinajstić information content (AvgIpc) is 2.42. The standard InChI is InChI=1S/C16H15ClFNS/c1-10-2-4-15(13(18)8-10)19-14-6-7-20-16-5-3-11(17)9-12(14)16/h2-5,8-9,14,19H,6-7H2,1H3. The Morgan fingerprint density at radius 1 is 1.25 bits per heavy atom. The third-order valence-electron chi connectivity index (χ3n) is 3.47. The first kappa shape index (κ1) is 13.8. The zero-order valence-electron chi connectivity index (χ0n) is 11.1. The number of thioether (sulfide) groups is 1. The van der Waals surface area contributed by atoms with E-state index in [1.54, 1.807) is 12.1 Å². The molecule has 0 bridgehead atoms. The number of rotatable bonds is 2. The summed E-state index contributed by atoms with van der Waals surface area (Å²) in [5, 5.41) is 4.04. The van der Waals surface area contributed by atoms with Crippen molar-refractivity contribution in [1.29, 1.82) is 0 Å². The minimum atomic E-state index is -0.202. The van der Waals surface area contributed by atoms with Crippen molar-refractivity contribution in [2.24, 2.45) is 0 Å². The predicted octanol–water partition coefficient (Wildman–Crippen LogP) is 5.44. The Bertz CT molecular complexity index is 644. The van der Waals surface area contributed by atoms with Crippen molar-refractivity contribution in [1.82, 2.24) is 0 Å². The van der Waals surface area contributed by atoms with Crippen LogP contribution in [0.4, 0.5) is 10.1 Å². The highest BCUT2D eigenvalue weighted by Gasteiger charge is 2.21. The lowest BCUT2D eigenvalue weighted by Crippen LogP contribution is -2.16. The first-order chi connectivity index (χ1) is 9.63. The maximum Gasteiger partial charge on any atom is 0.146 e. The van der Waals surface area contributed by atoms with Crippen LogP contribution in [0.3, 0.4) is 0 Å². The smallest absolute Gasteiger partial charge is 0.146 e. The van der Waals surface area contributed by atoms with Crippen LogP contribution in [0.15, 0.2) is 41.3 Å². The van der Waals surface area contributed by atoms with E-state index in [4.69, 9.17) is 11.6 Å². The fourth-order valence-electron chi connectivity index (χ4n) is 2.44. The molecule has 3 rings (SSSR count). The molecule has 104 valence electrons. The van der Waals surface area contributed by atoms with E-state index in [2.05, 4.69) is 5.32 Å². The van der Waals surface area contributed by atoms with Gasteiger partial charge in [-0.25, -0.2) is 4.39 Å². The fraction of sp³-hybridized carbons (Fsp3) is 0.250. The average molecular weight is 308 g/mol. The highest BCUT2D eigenvalue weighted by atomic mass is 35.5. The molecule has 1 heterocycles. The van der Waals surface area contributed by atoms with Gasteiger partial charge in [0.1, 0.15) is 5.82 Å². The molecule has 0 saturated heterocycles. The quantitative estimate of drug-likeness (QED) is 0.793. The van der Waals surface area contributed by atoms with E-state index in [9.17, 15) is 4.39 Å². The van der Waals surface area contributed by atoms with Crippen molar-refractivity contribution in [3.8, 4) is 0 Å². The van der Waals surface area contributed by atoms with Gasteiger partial charge in [0.05, 0.1) is 11.7 Å². The van der Waals surface area contributed by atoms with Gasteiger partial charge >= 0.3 is 0 Å². The van der Waals surface area contributed by atoms with Gasteiger partial charge in [-0.15, -0.1) is 11.8 Å². The van der Waals surface area contributed by atoms with Gasteiger partial charge in [0.15, 0.2) is 0 Å². The van der Waals surface area contributed by atoms with E-state index >= 15 is 0 Å². The molecule has 1 atom stereocenters. The molecule has 0 aliphatic carbocycles. The molecule has 0 saturated carbocycles. The summed E-state index contributed by atoms with van der Waals surface area (Å²) in [4.78, 5) is 1.23. The van der Waals surface area contributed by atoms with Gasteiger partial charge in [0.2, 0.25) is 0 Å². The Morgan fingerprint density at radius 2 is 2.10 bits per heavy atom. The van der Waals surface area contributed by atoms with Gasteiger partial charge in [-0.1, -0.05) is 17.7 Å². The molecule has 1 nitrogen and oxygen atoms in total. The molecular weight excluding hydrogens is 293 g/mol. The summed E-state index contributed by atoms with van der Waals surface area (Å²) < 4.78 is 14.0. The van der Waals surface area contributed by atoms with Crippen LogP contribution in [0.5, 0.6) is 0 Å². The van der Waals surface area contributed by atoms with Crippen molar-refractivity contribution in [2.75, 3.05) is 11.1 Å². The minimum Gasteiger partial charge on any atom is -0.376 e. The Morgan fingerprint density at radius 3 is 2.90 bits per heavy atom. The van der Waals surface area contributed by atoms with Crippen molar-refractivity contribution in [2.45, 2.75) is 24.3 Å². The number of hydrogen-bond donors (Lipinski definition) is 1. The minimum absolute atomic E-state index is 0.113. The van der Waals surface area contributed by atoms with Gasteiger partial charge in [0, 0.05) is 15.7 Å². The van der Waals surface area contributed by atoms with E-state index in [0.717, 1.165) is 28.3 Å². The zero-order valence-corrected chi connectivity index (χ0v) is 12.7. The number of anilines is 1. The second kappa shape index (κ2) is 5.66. The lowest BCUT2D eigenvalue weighted by Gasteiger charge is -2.27. The molecular formula is C16H15ClFNS. The SMILES string of the molecule is Cc1ccc(NC2CCSc3ccc(Cl)cc32)c(F)c1. The monoisotopic (exact) mass is 307 g/mol. The summed E-state index contributed by atoms with van der Waals surface area (Å²) in [6.07, 6.45) is 0.964. The fourth-order valence-corrected chi connectivity index (χ4v) is 3.73. The van der Waals surface area contributed by atoms with Crippen LogP contribution in [-0.4, -0.2) is 5.75 Å². The Hall–Kier alpha value is -1.19. The topological polar surface area (TPSA) is 12.0 Å². The first-order valence-electron chi connectivity index (χ1n) is 6.58. The molecule has 1 unspecified atom stereocenters. The Labute approximate surface area is 127 Å². The third-order valence-corrected chi connectivity index (χ3v) is 4.82. The number of hydrogen-bond acceptors (Lipinski definition) is 2. The lowest BCUT2D eigenvalue weighted by atomic mass is 10.0. The van der Waals surface area contributed by atoms with Crippen LogP contribution in [0, 0.1) is 12.7 Å². The molecule has 1 N–H and O–H groups in total. The lowest BCUT2D eigenvalue weighted by molar-refractivity contribution is 0.621. The number of fused-ring (bicyclic) bond motifs is 1. The predicted molar refractivity (Wildman–Crippen MR) is 84.3 cm³/mol. The Kier molecular flexibility index (Phi) is 3.90. The number of halogens is 2. The van der Waals surface area contributed by atoms with Gasteiger partial charge < -0.3 is 5.32 Å². The largest absolute Gasteiger partial charge is 0.376 e. The van der Waals surface area contributed by atoms with Crippen LogP contribution in [0.1, 0.15) is 23.6 Å². The highest BCUT2D eigenvalue weighted by molar-refractivity contribution is 7.99. The first-order valence-corrected chi connectivity index (χ1v) is 7.95. The van der Waals surface area contributed by atoms with Crippen LogP contribution in [0.2, 0.25) is 5.02 Å². The zero-order chi connectivity index (χ0) is 14.1. The van der Waals surface area contributed by atoms with Crippen LogP contribution in [-0.2, 0) is 0 Å². The molecule has 4 heteroatoms. The second-order valence-electron chi connectivity index (χ2n) is 5.00. The molecule has 20 heavy (non-hydrogen) atoms. The molecule has 1 aliphatic rings. The molecule has 1 aliphatic heterocycles. The van der Waals surface area contributed by atoms with Crippen LogP contribution in [0.25, 0.3) is 0 Å². The summed E-state index contributed by atoms with van der Waals surface area (Å²) in [6.45, 7) is 1.89. The van der Waals surface area contributed by atoms with Gasteiger partial charge in [-0.3, -0.25) is 0 Å². The molecule has 0 aromatic heterocycles. The van der Waals surface area contributed by atoms with Gasteiger partial charge in [-0.05, 0) is 54.8 Å². The normalized spacial score (nSPS) is 17.6.